The van der Waals surface area contributed by atoms with Gasteiger partial charge in [-0.2, -0.15) is 0 Å². The van der Waals surface area contributed by atoms with E-state index in [0.717, 1.165) is 5.56 Å². The lowest BCUT2D eigenvalue weighted by atomic mass is 10.0. The third-order valence-corrected chi connectivity index (χ3v) is 4.94. The van der Waals surface area contributed by atoms with Crippen LogP contribution in [0.15, 0.2) is 42.5 Å². The number of ether oxygens (including phenoxy) is 3. The van der Waals surface area contributed by atoms with Crippen molar-refractivity contribution in [3.8, 4) is 11.5 Å². The Morgan fingerprint density at radius 2 is 1.77 bits per heavy atom. The fourth-order valence-corrected chi connectivity index (χ4v) is 3.46. The van der Waals surface area contributed by atoms with Gasteiger partial charge >= 0.3 is 5.97 Å². The van der Waals surface area contributed by atoms with Crippen LogP contribution in [0, 0.1) is 0 Å². The van der Waals surface area contributed by atoms with Crippen molar-refractivity contribution in [2.75, 3.05) is 19.8 Å². The maximum Gasteiger partial charge on any atom is 0.310 e. The molecule has 30 heavy (non-hydrogen) atoms. The van der Waals surface area contributed by atoms with Crippen LogP contribution >= 0.6 is 11.6 Å². The van der Waals surface area contributed by atoms with Gasteiger partial charge in [0.25, 0.3) is 5.91 Å². The summed E-state index contributed by atoms with van der Waals surface area (Å²) in [6, 6.07) is 13.1. The molecule has 1 heterocycles. The van der Waals surface area contributed by atoms with Crippen LogP contribution in [-0.2, 0) is 27.3 Å². The van der Waals surface area contributed by atoms with Gasteiger partial charge in [0.15, 0.2) is 18.1 Å². The zero-order valence-corrected chi connectivity index (χ0v) is 18.2. The van der Waals surface area contributed by atoms with Gasteiger partial charge in [-0.1, -0.05) is 41.9 Å². The quantitative estimate of drug-likeness (QED) is 0.646. The maximum atomic E-state index is 12.8. The lowest BCUT2D eigenvalue weighted by Gasteiger charge is -2.35. The molecule has 6 nitrogen and oxygen atoms in total. The highest BCUT2D eigenvalue weighted by Crippen LogP contribution is 2.38. The molecule has 0 aromatic heterocycles. The summed E-state index contributed by atoms with van der Waals surface area (Å²) in [5.74, 6) is 0.232. The van der Waals surface area contributed by atoms with E-state index in [9.17, 15) is 9.59 Å². The summed E-state index contributed by atoms with van der Waals surface area (Å²) in [5, 5.41) is 0.382. The first-order valence-corrected chi connectivity index (χ1v) is 10.2. The monoisotopic (exact) mass is 431 g/mol. The predicted molar refractivity (Wildman–Crippen MR) is 114 cm³/mol. The number of halogens is 1. The number of hydrogen-bond acceptors (Lipinski definition) is 5. The number of rotatable bonds is 6. The number of carbonyl (C=O) groups excluding carboxylic acids is 2. The minimum atomic E-state index is -0.510. The summed E-state index contributed by atoms with van der Waals surface area (Å²) in [4.78, 5) is 26.8. The lowest BCUT2D eigenvalue weighted by Crippen LogP contribution is -2.46. The van der Waals surface area contributed by atoms with E-state index in [0.29, 0.717) is 41.8 Å². The molecule has 0 aliphatic carbocycles. The van der Waals surface area contributed by atoms with E-state index >= 15 is 0 Å². The number of nitrogens with zero attached hydrogens (tertiary/aromatic N) is 1. The average Bonchev–Trinajstić information content (AvgIpc) is 2.70. The molecule has 0 fully saturated rings. The van der Waals surface area contributed by atoms with Gasteiger partial charge in [-0.05, 0) is 44.0 Å². The van der Waals surface area contributed by atoms with Gasteiger partial charge < -0.3 is 19.1 Å². The van der Waals surface area contributed by atoms with Crippen LogP contribution in [-0.4, -0.2) is 42.1 Å². The van der Waals surface area contributed by atoms with Crippen molar-refractivity contribution in [3.63, 3.8) is 0 Å². The normalized spacial score (nSPS) is 12.9. The molecule has 2 aromatic rings. The van der Waals surface area contributed by atoms with Crippen molar-refractivity contribution >= 4 is 23.5 Å². The minimum Gasteiger partial charge on any atom is -0.486 e. The van der Waals surface area contributed by atoms with E-state index < -0.39 is 11.5 Å². The zero-order valence-electron chi connectivity index (χ0n) is 17.4. The fraction of sp³-hybridized carbons (Fsp3) is 0.391. The molecule has 1 aliphatic heterocycles. The maximum absolute atomic E-state index is 12.8. The third-order valence-electron chi connectivity index (χ3n) is 4.66. The summed E-state index contributed by atoms with van der Waals surface area (Å²) in [7, 11) is 0. The Bertz CT molecular complexity index is 908. The summed E-state index contributed by atoms with van der Waals surface area (Å²) in [6.07, 6.45) is -0.0160. The highest BCUT2D eigenvalue weighted by atomic mass is 35.5. The third kappa shape index (κ3) is 5.66. The Balaban J connectivity index is 1.60. The molecule has 0 N–H and O–H groups in total. The van der Waals surface area contributed by atoms with E-state index in [4.69, 9.17) is 25.8 Å². The SMILES string of the molecule is CC(C)(C)N(Cc1ccccc1)C(=O)COC(=O)Cc1cc(Cl)c2c(c1)OCCO2. The first kappa shape index (κ1) is 22.0. The Morgan fingerprint density at radius 1 is 1.07 bits per heavy atom. The van der Waals surface area contributed by atoms with E-state index in [1.165, 1.54) is 0 Å². The molecule has 0 radical (unpaired) electrons. The van der Waals surface area contributed by atoms with Crippen LogP contribution in [0.2, 0.25) is 5.02 Å². The molecule has 3 rings (SSSR count). The second-order valence-corrected chi connectivity index (χ2v) is 8.48. The van der Waals surface area contributed by atoms with Gasteiger partial charge in [-0.3, -0.25) is 9.59 Å². The highest BCUT2D eigenvalue weighted by molar-refractivity contribution is 6.32. The van der Waals surface area contributed by atoms with Crippen LogP contribution in [0.1, 0.15) is 31.9 Å². The summed E-state index contributed by atoms with van der Waals surface area (Å²) >= 11 is 6.21. The van der Waals surface area contributed by atoms with Gasteiger partial charge in [0, 0.05) is 12.1 Å². The van der Waals surface area contributed by atoms with Gasteiger partial charge in [0.1, 0.15) is 13.2 Å². The second kappa shape index (κ2) is 9.39. The van der Waals surface area contributed by atoms with Crippen molar-refractivity contribution in [2.45, 2.75) is 39.3 Å². The van der Waals surface area contributed by atoms with Crippen molar-refractivity contribution in [2.24, 2.45) is 0 Å². The Morgan fingerprint density at radius 3 is 2.47 bits per heavy atom. The van der Waals surface area contributed by atoms with Crippen LogP contribution in [0.5, 0.6) is 11.5 Å². The topological polar surface area (TPSA) is 65.1 Å². The number of esters is 1. The molecule has 1 amide bonds. The molecule has 0 atom stereocenters. The highest BCUT2D eigenvalue weighted by Gasteiger charge is 2.27. The first-order valence-electron chi connectivity index (χ1n) is 9.82. The smallest absolute Gasteiger partial charge is 0.310 e. The molecule has 1 aliphatic rings. The van der Waals surface area contributed by atoms with E-state index in [1.807, 2.05) is 51.1 Å². The number of fused-ring (bicyclic) bond motifs is 1. The van der Waals surface area contributed by atoms with Gasteiger partial charge in [-0.15, -0.1) is 0 Å². The van der Waals surface area contributed by atoms with Crippen molar-refractivity contribution in [1.82, 2.24) is 4.90 Å². The predicted octanol–water partition coefficient (Wildman–Crippen LogP) is 4.02. The van der Waals surface area contributed by atoms with Crippen LogP contribution < -0.4 is 9.47 Å². The lowest BCUT2D eigenvalue weighted by molar-refractivity contribution is -0.154. The van der Waals surface area contributed by atoms with E-state index in [1.54, 1.807) is 17.0 Å². The number of hydrogen-bond donors (Lipinski definition) is 0. The molecular formula is C23H26ClNO5. The minimum absolute atomic E-state index is 0.0160. The van der Waals surface area contributed by atoms with Crippen molar-refractivity contribution in [1.29, 1.82) is 0 Å². The van der Waals surface area contributed by atoms with Crippen molar-refractivity contribution < 1.29 is 23.8 Å². The zero-order chi connectivity index (χ0) is 21.7. The van der Waals surface area contributed by atoms with Crippen LogP contribution in [0.25, 0.3) is 0 Å². The molecule has 7 heteroatoms. The van der Waals surface area contributed by atoms with E-state index in [-0.39, 0.29) is 18.9 Å². The molecule has 0 spiro atoms. The summed E-state index contributed by atoms with van der Waals surface area (Å²) < 4.78 is 16.3. The number of benzene rings is 2. The van der Waals surface area contributed by atoms with Crippen molar-refractivity contribution in [3.05, 3.63) is 58.6 Å². The summed E-state index contributed by atoms with van der Waals surface area (Å²) in [5.41, 5.74) is 1.24. The fourth-order valence-electron chi connectivity index (χ4n) is 3.17. The Labute approximate surface area is 181 Å². The Kier molecular flexibility index (Phi) is 6.87. The Hall–Kier alpha value is -2.73. The standard InChI is InChI=1S/C23H26ClNO5/c1-23(2,3)25(14-16-7-5-4-6-8-16)20(26)15-30-21(27)13-17-11-18(24)22-19(12-17)28-9-10-29-22/h4-8,11-12H,9-10,13-15H2,1-3H3. The molecule has 2 aromatic carbocycles. The number of carbonyl (C=O) groups is 2. The largest absolute Gasteiger partial charge is 0.486 e. The van der Waals surface area contributed by atoms with Gasteiger partial charge in [0.2, 0.25) is 0 Å². The van der Waals surface area contributed by atoms with Gasteiger partial charge in [0.05, 0.1) is 11.4 Å². The number of amides is 1. The van der Waals surface area contributed by atoms with E-state index in [2.05, 4.69) is 0 Å². The first-order chi connectivity index (χ1) is 14.2. The van der Waals surface area contributed by atoms with Crippen LogP contribution in [0.3, 0.4) is 0 Å². The molecule has 0 saturated heterocycles. The molecule has 0 unspecified atom stereocenters. The summed E-state index contributed by atoms with van der Waals surface area (Å²) in [6.45, 7) is 6.84. The second-order valence-electron chi connectivity index (χ2n) is 8.08. The molecule has 0 saturated carbocycles. The van der Waals surface area contributed by atoms with Gasteiger partial charge in [-0.25, -0.2) is 0 Å². The van der Waals surface area contributed by atoms with Crippen LogP contribution in [0.4, 0.5) is 0 Å². The average molecular weight is 432 g/mol. The molecular weight excluding hydrogens is 406 g/mol. The molecule has 0 bridgehead atoms. The molecule has 160 valence electrons.